The number of benzene rings is 2. The van der Waals surface area contributed by atoms with Crippen LogP contribution in [0.2, 0.25) is 0 Å². The van der Waals surface area contributed by atoms with Crippen molar-refractivity contribution in [3.8, 4) is 6.07 Å². The molecule has 0 bridgehead atoms. The summed E-state index contributed by atoms with van der Waals surface area (Å²) >= 11 is 3.63. The third-order valence-electron chi connectivity index (χ3n) is 6.00. The minimum atomic E-state index is 0. The van der Waals surface area contributed by atoms with Crippen molar-refractivity contribution in [2.75, 3.05) is 6.54 Å². The smallest absolute Gasteiger partial charge is 0.0991 e. The van der Waals surface area contributed by atoms with Gasteiger partial charge in [-0.05, 0) is 60.2 Å². The molecule has 170 valence electrons. The SMILES string of the molecule is CCCCn1cncc1[C@@H](Cc1ccc(C#N)cc1)N1CCc2ccc(Br)cc2C1.Cl.Cl. The fraction of sp³-hybridized carbons (Fsp3) is 0.360. The number of fused-ring (bicyclic) bond motifs is 1. The largest absolute Gasteiger partial charge is 0.333 e. The first kappa shape index (κ1) is 26.4. The number of hydrogen-bond donors (Lipinski definition) is 0. The normalized spacial score (nSPS) is 13.9. The zero-order valence-electron chi connectivity index (χ0n) is 18.2. The minimum absolute atomic E-state index is 0. The predicted molar refractivity (Wildman–Crippen MR) is 137 cm³/mol. The van der Waals surface area contributed by atoms with E-state index in [0.29, 0.717) is 5.56 Å². The Morgan fingerprint density at radius 3 is 2.62 bits per heavy atom. The summed E-state index contributed by atoms with van der Waals surface area (Å²) in [5.41, 5.74) is 6.10. The number of hydrogen-bond acceptors (Lipinski definition) is 3. The van der Waals surface area contributed by atoms with Gasteiger partial charge < -0.3 is 4.57 Å². The maximum absolute atomic E-state index is 9.12. The van der Waals surface area contributed by atoms with Gasteiger partial charge in [0, 0.05) is 30.3 Å². The molecular weight excluding hydrogens is 507 g/mol. The molecular formula is C25H29BrCl2N4. The van der Waals surface area contributed by atoms with Gasteiger partial charge in [0.25, 0.3) is 0 Å². The lowest BCUT2D eigenvalue weighted by Crippen LogP contribution is -2.36. The molecule has 0 amide bonds. The second-order valence-electron chi connectivity index (χ2n) is 8.03. The Morgan fingerprint density at radius 2 is 1.91 bits per heavy atom. The fourth-order valence-corrected chi connectivity index (χ4v) is 4.71. The van der Waals surface area contributed by atoms with Gasteiger partial charge in [-0.1, -0.05) is 47.5 Å². The molecule has 1 aliphatic rings. The summed E-state index contributed by atoms with van der Waals surface area (Å²) in [7, 11) is 0. The molecule has 0 aliphatic carbocycles. The van der Waals surface area contributed by atoms with E-state index in [2.05, 4.69) is 73.7 Å². The second kappa shape index (κ2) is 12.4. The molecule has 0 saturated carbocycles. The van der Waals surface area contributed by atoms with Crippen LogP contribution in [0.4, 0.5) is 0 Å². The van der Waals surface area contributed by atoms with Crippen LogP contribution in [0, 0.1) is 11.3 Å². The molecule has 4 nitrogen and oxygen atoms in total. The number of rotatable bonds is 7. The molecule has 1 aliphatic heterocycles. The molecule has 0 N–H and O–H groups in total. The van der Waals surface area contributed by atoms with Crippen molar-refractivity contribution in [3.63, 3.8) is 0 Å². The van der Waals surface area contributed by atoms with E-state index in [0.717, 1.165) is 43.4 Å². The van der Waals surface area contributed by atoms with Gasteiger partial charge >= 0.3 is 0 Å². The van der Waals surface area contributed by atoms with Crippen molar-refractivity contribution in [1.29, 1.82) is 5.26 Å². The molecule has 0 spiro atoms. The highest BCUT2D eigenvalue weighted by Crippen LogP contribution is 2.32. The van der Waals surface area contributed by atoms with Crippen molar-refractivity contribution < 1.29 is 0 Å². The van der Waals surface area contributed by atoms with Crippen LogP contribution in [-0.4, -0.2) is 21.0 Å². The molecule has 32 heavy (non-hydrogen) atoms. The first-order valence-corrected chi connectivity index (χ1v) is 11.5. The van der Waals surface area contributed by atoms with E-state index in [1.165, 1.54) is 28.8 Å². The van der Waals surface area contributed by atoms with Crippen molar-refractivity contribution in [2.24, 2.45) is 0 Å². The Kier molecular flexibility index (Phi) is 10.2. The number of unbranched alkanes of at least 4 members (excludes halogenated alkanes) is 1. The van der Waals surface area contributed by atoms with Gasteiger partial charge in [-0.15, -0.1) is 24.8 Å². The van der Waals surface area contributed by atoms with Crippen LogP contribution >= 0.6 is 40.7 Å². The summed E-state index contributed by atoms with van der Waals surface area (Å²) < 4.78 is 3.47. The highest BCUT2D eigenvalue weighted by Gasteiger charge is 2.27. The van der Waals surface area contributed by atoms with Crippen LogP contribution in [0.5, 0.6) is 0 Å². The van der Waals surface area contributed by atoms with Gasteiger partial charge in [-0.3, -0.25) is 4.90 Å². The summed E-state index contributed by atoms with van der Waals surface area (Å²) in [5.74, 6) is 0. The van der Waals surface area contributed by atoms with E-state index in [9.17, 15) is 0 Å². The second-order valence-corrected chi connectivity index (χ2v) is 8.94. The highest BCUT2D eigenvalue weighted by molar-refractivity contribution is 9.10. The monoisotopic (exact) mass is 534 g/mol. The highest BCUT2D eigenvalue weighted by atomic mass is 79.9. The van der Waals surface area contributed by atoms with Crippen molar-refractivity contribution >= 4 is 40.7 Å². The molecule has 2 heterocycles. The number of nitriles is 1. The summed E-state index contributed by atoms with van der Waals surface area (Å²) in [6, 6.07) is 17.1. The Bertz CT molecular complexity index is 1040. The van der Waals surface area contributed by atoms with Crippen LogP contribution in [0.25, 0.3) is 0 Å². The van der Waals surface area contributed by atoms with Crippen LogP contribution in [0.1, 0.15) is 53.8 Å². The third-order valence-corrected chi connectivity index (χ3v) is 6.49. The van der Waals surface area contributed by atoms with E-state index >= 15 is 0 Å². The number of aromatic nitrogens is 2. The molecule has 0 fully saturated rings. The number of halogens is 3. The summed E-state index contributed by atoms with van der Waals surface area (Å²) in [4.78, 5) is 7.09. The molecule has 3 aromatic rings. The number of aryl methyl sites for hydroxylation is 1. The Morgan fingerprint density at radius 1 is 1.12 bits per heavy atom. The van der Waals surface area contributed by atoms with E-state index < -0.39 is 0 Å². The zero-order chi connectivity index (χ0) is 20.9. The molecule has 4 rings (SSSR count). The Hall–Kier alpha value is -1.84. The Balaban J connectivity index is 0.00000181. The van der Waals surface area contributed by atoms with Gasteiger partial charge in [0.15, 0.2) is 0 Å². The summed E-state index contributed by atoms with van der Waals surface area (Å²) in [6.45, 7) is 5.21. The maximum Gasteiger partial charge on any atom is 0.0991 e. The minimum Gasteiger partial charge on any atom is -0.333 e. The lowest BCUT2D eigenvalue weighted by atomic mass is 9.95. The molecule has 0 unspecified atom stereocenters. The van der Waals surface area contributed by atoms with E-state index in [4.69, 9.17) is 5.26 Å². The number of nitrogens with zero attached hydrogens (tertiary/aromatic N) is 4. The molecule has 1 atom stereocenters. The number of imidazole rings is 1. The van der Waals surface area contributed by atoms with Crippen molar-refractivity contribution in [3.05, 3.63) is 87.4 Å². The average molecular weight is 536 g/mol. The van der Waals surface area contributed by atoms with Gasteiger partial charge in [0.1, 0.15) is 0 Å². The molecule has 1 aromatic heterocycles. The van der Waals surface area contributed by atoms with Crippen molar-refractivity contribution in [2.45, 2.75) is 51.7 Å². The average Bonchev–Trinajstić information content (AvgIpc) is 3.24. The van der Waals surface area contributed by atoms with E-state index in [1.807, 2.05) is 24.7 Å². The third kappa shape index (κ3) is 6.14. The lowest BCUT2D eigenvalue weighted by Gasteiger charge is -2.36. The molecule has 0 saturated heterocycles. The van der Waals surface area contributed by atoms with Crippen LogP contribution in [0.3, 0.4) is 0 Å². The van der Waals surface area contributed by atoms with Gasteiger partial charge in [0.05, 0.1) is 29.7 Å². The maximum atomic E-state index is 9.12. The predicted octanol–water partition coefficient (Wildman–Crippen LogP) is 6.50. The standard InChI is InChI=1S/C25H27BrN4.2ClH/c1-2-3-11-30-18-28-16-25(30)24(13-19-4-6-20(15-27)7-5-19)29-12-10-21-8-9-23(26)14-22(21)17-29;;/h4-9,14,16,18,24H,2-3,10-13,17H2,1H3;2*1H/t24-;;/m1../s1. The topological polar surface area (TPSA) is 44.9 Å². The van der Waals surface area contributed by atoms with Crippen LogP contribution < -0.4 is 0 Å². The molecule has 0 radical (unpaired) electrons. The fourth-order valence-electron chi connectivity index (χ4n) is 4.30. The van der Waals surface area contributed by atoms with Gasteiger partial charge in [-0.25, -0.2) is 4.98 Å². The van der Waals surface area contributed by atoms with Crippen LogP contribution in [-0.2, 0) is 25.9 Å². The van der Waals surface area contributed by atoms with Crippen molar-refractivity contribution in [1.82, 2.24) is 14.5 Å². The summed E-state index contributed by atoms with van der Waals surface area (Å²) in [5, 5.41) is 9.12. The first-order chi connectivity index (χ1) is 14.7. The molecule has 7 heteroatoms. The lowest BCUT2D eigenvalue weighted by molar-refractivity contribution is 0.170. The first-order valence-electron chi connectivity index (χ1n) is 10.7. The quantitative estimate of drug-likeness (QED) is 0.346. The Labute approximate surface area is 211 Å². The van der Waals surface area contributed by atoms with E-state index in [1.54, 1.807) is 0 Å². The zero-order valence-corrected chi connectivity index (χ0v) is 21.4. The van der Waals surface area contributed by atoms with Gasteiger partial charge in [0.2, 0.25) is 0 Å². The van der Waals surface area contributed by atoms with Gasteiger partial charge in [-0.2, -0.15) is 5.26 Å². The van der Waals surface area contributed by atoms with E-state index in [-0.39, 0.29) is 30.9 Å². The summed E-state index contributed by atoms with van der Waals surface area (Å²) in [6.07, 6.45) is 8.32. The van der Waals surface area contributed by atoms with Crippen LogP contribution in [0.15, 0.2) is 59.5 Å². The molecule has 2 aromatic carbocycles.